The molecule has 1 aromatic carbocycles. The zero-order chi connectivity index (χ0) is 19.3. The van der Waals surface area contributed by atoms with Gasteiger partial charge in [0.05, 0.1) is 31.0 Å². The second-order valence-corrected chi connectivity index (χ2v) is 7.10. The molecule has 1 amide bonds. The molecule has 1 aliphatic heterocycles. The Morgan fingerprint density at radius 3 is 2.15 bits per heavy atom. The molecule has 26 heavy (non-hydrogen) atoms. The molecule has 5 atom stereocenters. The summed E-state index contributed by atoms with van der Waals surface area (Å²) in [6.07, 6.45) is 0. The Hall–Kier alpha value is -3.08. The number of nitriles is 3. The van der Waals surface area contributed by atoms with Crippen molar-refractivity contribution in [2.75, 3.05) is 7.11 Å². The number of ether oxygens (including phenoxy) is 1. The lowest BCUT2D eigenvalue weighted by Crippen LogP contribution is -2.66. The molecule has 0 radical (unpaired) electrons. The molecule has 1 heterocycles. The van der Waals surface area contributed by atoms with Crippen LogP contribution in [0.4, 0.5) is 0 Å². The predicted molar refractivity (Wildman–Crippen MR) is 90.8 cm³/mol. The first kappa shape index (κ1) is 17.7. The van der Waals surface area contributed by atoms with Crippen LogP contribution in [-0.4, -0.2) is 18.7 Å². The average molecular weight is 349 g/mol. The first-order valence-electron chi connectivity index (χ1n) is 8.28. The van der Waals surface area contributed by atoms with E-state index in [-0.39, 0.29) is 0 Å². The van der Waals surface area contributed by atoms with Crippen molar-refractivity contribution >= 4 is 5.91 Å². The van der Waals surface area contributed by atoms with E-state index in [0.717, 1.165) is 0 Å². The second-order valence-electron chi connectivity index (χ2n) is 7.10. The van der Waals surface area contributed by atoms with Gasteiger partial charge in [-0.1, -0.05) is 26.0 Å². The minimum atomic E-state index is -1.86. The molecular weight excluding hydrogens is 330 g/mol. The number of nitrogens with zero attached hydrogens (tertiary/aromatic N) is 3. The maximum Gasteiger partial charge on any atom is 0.245 e. The van der Waals surface area contributed by atoms with Gasteiger partial charge in [-0.25, -0.2) is 0 Å². The third kappa shape index (κ3) is 1.70. The Balaban J connectivity index is 2.33. The molecule has 0 spiro atoms. The highest BCUT2D eigenvalue weighted by Crippen LogP contribution is 2.66. The summed E-state index contributed by atoms with van der Waals surface area (Å²) in [5.74, 6) is -1.89. The maximum atomic E-state index is 12.8. The van der Waals surface area contributed by atoms with Gasteiger partial charge < -0.3 is 15.8 Å². The highest BCUT2D eigenvalue weighted by Gasteiger charge is 2.79. The molecular formula is C19H19N5O2. The van der Waals surface area contributed by atoms with Crippen LogP contribution in [-0.2, 0) is 4.79 Å². The number of hydrogen-bond acceptors (Lipinski definition) is 6. The van der Waals surface area contributed by atoms with Crippen molar-refractivity contribution in [1.82, 2.24) is 5.32 Å². The van der Waals surface area contributed by atoms with Gasteiger partial charge in [0.25, 0.3) is 0 Å². The number of hydrogen-bond donors (Lipinski definition) is 2. The van der Waals surface area contributed by atoms with E-state index in [2.05, 4.69) is 5.32 Å². The third-order valence-electron chi connectivity index (χ3n) is 6.40. The van der Waals surface area contributed by atoms with E-state index < -0.39 is 40.2 Å². The van der Waals surface area contributed by atoms with Gasteiger partial charge in [-0.15, -0.1) is 0 Å². The number of benzene rings is 1. The smallest absolute Gasteiger partial charge is 0.245 e. The SMILES string of the molecule is COc1ccc([C@@H]2[C@H](C)[C@@]3(N)NC(=O)[C@](C#N)([C@H]3C)C2(C#N)C#N)cc1. The highest BCUT2D eigenvalue weighted by atomic mass is 16.5. The van der Waals surface area contributed by atoms with E-state index in [0.29, 0.717) is 11.3 Å². The van der Waals surface area contributed by atoms with Crippen molar-refractivity contribution in [2.45, 2.75) is 25.4 Å². The lowest BCUT2D eigenvalue weighted by Gasteiger charge is -2.52. The molecule has 3 rings (SSSR count). The fraction of sp³-hybridized carbons (Fsp3) is 0.474. The Morgan fingerprint density at radius 1 is 1.12 bits per heavy atom. The van der Waals surface area contributed by atoms with E-state index in [9.17, 15) is 20.6 Å². The Bertz CT molecular complexity index is 876. The molecule has 0 unspecified atom stereocenters. The van der Waals surface area contributed by atoms with Crippen LogP contribution in [0.5, 0.6) is 5.75 Å². The van der Waals surface area contributed by atoms with Crippen molar-refractivity contribution < 1.29 is 9.53 Å². The standard InChI is InChI=1S/C19H19N5O2/c1-11-15(13-4-6-14(26-3)7-5-13)17(8-20,9-21)18(10-22)12(2)19(11,23)24-16(18)25/h4-7,11-12,15H,23H2,1-3H3,(H,24,25)/t11-,12+,15-,18-,19+/m0/s1. The highest BCUT2D eigenvalue weighted by molar-refractivity contribution is 5.93. The summed E-state index contributed by atoms with van der Waals surface area (Å²) in [6.45, 7) is 3.47. The number of carbonyl (C=O) groups is 1. The van der Waals surface area contributed by atoms with Gasteiger partial charge in [-0.05, 0) is 17.7 Å². The largest absolute Gasteiger partial charge is 0.497 e. The van der Waals surface area contributed by atoms with Crippen LogP contribution in [0.1, 0.15) is 25.3 Å². The summed E-state index contributed by atoms with van der Waals surface area (Å²) in [4.78, 5) is 12.8. The lowest BCUT2D eigenvalue weighted by molar-refractivity contribution is -0.129. The van der Waals surface area contributed by atoms with Gasteiger partial charge in [0.1, 0.15) is 5.75 Å². The Morgan fingerprint density at radius 2 is 1.69 bits per heavy atom. The van der Waals surface area contributed by atoms with Gasteiger partial charge >= 0.3 is 0 Å². The molecule has 2 aliphatic rings. The molecule has 1 saturated heterocycles. The van der Waals surface area contributed by atoms with Gasteiger partial charge in [0, 0.05) is 17.8 Å². The van der Waals surface area contributed by atoms with Gasteiger partial charge in [0.2, 0.25) is 5.91 Å². The van der Waals surface area contributed by atoms with Crippen molar-refractivity contribution in [3.05, 3.63) is 29.8 Å². The number of carbonyl (C=O) groups excluding carboxylic acids is 1. The number of nitrogens with one attached hydrogen (secondary N) is 1. The molecule has 2 fully saturated rings. The molecule has 132 valence electrons. The minimum Gasteiger partial charge on any atom is -0.497 e. The van der Waals surface area contributed by atoms with Crippen molar-refractivity contribution in [3.63, 3.8) is 0 Å². The molecule has 3 N–H and O–H groups in total. The molecule has 0 aromatic heterocycles. The van der Waals surface area contributed by atoms with Crippen LogP contribution < -0.4 is 15.8 Å². The zero-order valence-corrected chi connectivity index (χ0v) is 14.8. The number of rotatable bonds is 2. The van der Waals surface area contributed by atoms with Crippen LogP contribution in [0.15, 0.2) is 24.3 Å². The van der Waals surface area contributed by atoms with Crippen LogP contribution >= 0.6 is 0 Å². The van der Waals surface area contributed by atoms with E-state index >= 15 is 0 Å². The fourth-order valence-electron chi connectivity index (χ4n) is 4.81. The third-order valence-corrected chi connectivity index (χ3v) is 6.40. The zero-order valence-electron chi connectivity index (χ0n) is 14.8. The second kappa shape index (κ2) is 5.46. The molecule has 1 saturated carbocycles. The quantitative estimate of drug-likeness (QED) is 0.828. The topological polar surface area (TPSA) is 136 Å². The molecule has 1 aromatic rings. The summed E-state index contributed by atoms with van der Waals surface area (Å²) in [7, 11) is 1.54. The van der Waals surface area contributed by atoms with Crippen LogP contribution in [0.25, 0.3) is 0 Å². The Kier molecular flexibility index (Phi) is 3.72. The number of nitrogens with two attached hydrogens (primary N) is 1. The van der Waals surface area contributed by atoms with E-state index in [4.69, 9.17) is 10.5 Å². The van der Waals surface area contributed by atoms with Crippen LogP contribution in [0, 0.1) is 56.7 Å². The number of methoxy groups -OCH3 is 1. The average Bonchev–Trinajstić information content (AvgIpc) is 2.83. The van der Waals surface area contributed by atoms with E-state index in [1.54, 1.807) is 31.2 Å². The fourth-order valence-corrected chi connectivity index (χ4v) is 4.81. The maximum absolute atomic E-state index is 12.8. The monoisotopic (exact) mass is 349 g/mol. The van der Waals surface area contributed by atoms with Crippen molar-refractivity contribution in [3.8, 4) is 24.0 Å². The van der Waals surface area contributed by atoms with Gasteiger partial charge in [0.15, 0.2) is 10.8 Å². The number of fused-ring (bicyclic) bond motifs is 2. The van der Waals surface area contributed by atoms with Crippen molar-refractivity contribution in [1.29, 1.82) is 15.8 Å². The summed E-state index contributed by atoms with van der Waals surface area (Å²) in [6, 6.07) is 13.0. The number of amides is 1. The van der Waals surface area contributed by atoms with E-state index in [1.807, 2.05) is 25.1 Å². The Labute approximate surface area is 152 Å². The lowest BCUT2D eigenvalue weighted by atomic mass is 9.45. The summed E-state index contributed by atoms with van der Waals surface area (Å²) in [5.41, 5.74) is 2.30. The minimum absolute atomic E-state index is 0.446. The van der Waals surface area contributed by atoms with Gasteiger partial charge in [-0.2, -0.15) is 15.8 Å². The van der Waals surface area contributed by atoms with Gasteiger partial charge in [-0.3, -0.25) is 4.79 Å². The predicted octanol–water partition coefficient (Wildman–Crippen LogP) is 1.39. The van der Waals surface area contributed by atoms with E-state index in [1.165, 1.54) is 7.11 Å². The van der Waals surface area contributed by atoms with Crippen LogP contribution in [0.3, 0.4) is 0 Å². The summed E-state index contributed by atoms with van der Waals surface area (Å²) in [5, 5.41) is 32.8. The molecule has 2 bridgehead atoms. The molecule has 7 heteroatoms. The summed E-state index contributed by atoms with van der Waals surface area (Å²) >= 11 is 0. The first-order valence-corrected chi connectivity index (χ1v) is 8.28. The molecule has 7 nitrogen and oxygen atoms in total. The molecule has 1 aliphatic carbocycles. The normalized spacial score (nSPS) is 37.0. The first-order chi connectivity index (χ1) is 12.3. The van der Waals surface area contributed by atoms with Crippen LogP contribution in [0.2, 0.25) is 0 Å². The van der Waals surface area contributed by atoms with Crippen molar-refractivity contribution in [2.24, 2.45) is 28.4 Å². The summed E-state index contributed by atoms with van der Waals surface area (Å²) < 4.78 is 5.16.